The molecule has 0 saturated carbocycles. The Morgan fingerprint density at radius 2 is 1.63 bits per heavy atom. The zero-order chi connectivity index (χ0) is 22.0. The van der Waals surface area contributed by atoms with Crippen LogP contribution in [0.15, 0.2) is 42.1 Å². The SMILES string of the molecule is COc1ccc(C2=C(Nc3cc(C)ccc3C)C(=O)N(CC(C)C)C2=O)cc1OC. The highest BCUT2D eigenvalue weighted by Gasteiger charge is 2.39. The van der Waals surface area contributed by atoms with E-state index in [1.165, 1.54) is 12.0 Å². The number of nitrogens with zero attached hydrogens (tertiary/aromatic N) is 1. The van der Waals surface area contributed by atoms with Crippen LogP contribution in [0.1, 0.15) is 30.5 Å². The average Bonchev–Trinajstić information content (AvgIpc) is 2.94. The van der Waals surface area contributed by atoms with E-state index in [0.29, 0.717) is 29.2 Å². The molecule has 0 radical (unpaired) electrons. The number of benzene rings is 2. The van der Waals surface area contributed by atoms with Gasteiger partial charge in [-0.2, -0.15) is 0 Å². The van der Waals surface area contributed by atoms with Crippen LogP contribution in [0.2, 0.25) is 0 Å². The van der Waals surface area contributed by atoms with Crippen molar-refractivity contribution in [1.29, 1.82) is 0 Å². The second-order valence-electron chi connectivity index (χ2n) is 7.88. The van der Waals surface area contributed by atoms with E-state index in [9.17, 15) is 9.59 Å². The molecule has 1 aliphatic rings. The van der Waals surface area contributed by atoms with Crippen molar-refractivity contribution in [2.24, 2.45) is 5.92 Å². The largest absolute Gasteiger partial charge is 0.493 e. The first kappa shape index (κ1) is 21.4. The number of methoxy groups -OCH3 is 2. The van der Waals surface area contributed by atoms with Gasteiger partial charge in [0.05, 0.1) is 19.8 Å². The second kappa shape index (κ2) is 8.61. The van der Waals surface area contributed by atoms with Crippen LogP contribution in [0.4, 0.5) is 5.69 Å². The van der Waals surface area contributed by atoms with Gasteiger partial charge in [0.2, 0.25) is 0 Å². The van der Waals surface area contributed by atoms with E-state index in [0.717, 1.165) is 16.8 Å². The van der Waals surface area contributed by atoms with Crippen LogP contribution < -0.4 is 14.8 Å². The highest BCUT2D eigenvalue weighted by molar-refractivity contribution is 6.36. The van der Waals surface area contributed by atoms with Crippen LogP contribution in [0, 0.1) is 19.8 Å². The van der Waals surface area contributed by atoms with Gasteiger partial charge in [-0.25, -0.2) is 0 Å². The number of rotatable bonds is 7. The minimum absolute atomic E-state index is 0.157. The third kappa shape index (κ3) is 4.03. The molecular formula is C24H28N2O4. The van der Waals surface area contributed by atoms with E-state index in [4.69, 9.17) is 9.47 Å². The fourth-order valence-corrected chi connectivity index (χ4v) is 3.49. The van der Waals surface area contributed by atoms with E-state index in [2.05, 4.69) is 5.32 Å². The topological polar surface area (TPSA) is 67.9 Å². The van der Waals surface area contributed by atoms with Gasteiger partial charge in [0.15, 0.2) is 11.5 Å². The Bertz CT molecular complexity index is 1020. The zero-order valence-corrected chi connectivity index (χ0v) is 18.3. The summed E-state index contributed by atoms with van der Waals surface area (Å²) in [5.41, 5.74) is 4.07. The standard InChI is InChI=1S/C24H28N2O4/c1-14(2)13-26-23(27)21(17-9-10-19(29-5)20(12-17)30-6)22(24(26)28)25-18-11-15(3)7-8-16(18)4/h7-12,14,25H,13H2,1-6H3. The Morgan fingerprint density at radius 3 is 2.27 bits per heavy atom. The highest BCUT2D eigenvalue weighted by atomic mass is 16.5. The summed E-state index contributed by atoms with van der Waals surface area (Å²) in [7, 11) is 3.09. The van der Waals surface area contributed by atoms with E-state index >= 15 is 0 Å². The molecule has 2 aromatic carbocycles. The first-order valence-electron chi connectivity index (χ1n) is 9.94. The fourth-order valence-electron chi connectivity index (χ4n) is 3.49. The molecule has 1 heterocycles. The molecule has 2 amide bonds. The van der Waals surface area contributed by atoms with Crippen molar-refractivity contribution in [3.63, 3.8) is 0 Å². The lowest BCUT2D eigenvalue weighted by Crippen LogP contribution is -2.35. The van der Waals surface area contributed by atoms with E-state index in [-0.39, 0.29) is 23.4 Å². The molecular weight excluding hydrogens is 380 g/mol. The lowest BCUT2D eigenvalue weighted by molar-refractivity contribution is -0.137. The molecule has 3 rings (SSSR count). The van der Waals surface area contributed by atoms with E-state index < -0.39 is 0 Å². The maximum absolute atomic E-state index is 13.3. The molecule has 6 heteroatoms. The highest BCUT2D eigenvalue weighted by Crippen LogP contribution is 2.36. The first-order chi connectivity index (χ1) is 14.3. The third-order valence-corrected chi connectivity index (χ3v) is 5.04. The molecule has 0 bridgehead atoms. The molecule has 1 aliphatic heterocycles. The molecule has 0 fully saturated rings. The molecule has 0 aromatic heterocycles. The Kier molecular flexibility index (Phi) is 6.15. The van der Waals surface area contributed by atoms with Crippen molar-refractivity contribution in [2.75, 3.05) is 26.1 Å². The number of hydrogen-bond donors (Lipinski definition) is 1. The lowest BCUT2D eigenvalue weighted by atomic mass is 10.0. The van der Waals surface area contributed by atoms with Gasteiger partial charge in [0.1, 0.15) is 5.70 Å². The average molecular weight is 408 g/mol. The van der Waals surface area contributed by atoms with Crippen molar-refractivity contribution in [1.82, 2.24) is 4.90 Å². The van der Waals surface area contributed by atoms with Crippen LogP contribution in [0.25, 0.3) is 5.57 Å². The number of hydrogen-bond acceptors (Lipinski definition) is 5. The maximum Gasteiger partial charge on any atom is 0.278 e. The summed E-state index contributed by atoms with van der Waals surface area (Å²) in [6.45, 7) is 8.26. The summed E-state index contributed by atoms with van der Waals surface area (Å²) in [6, 6.07) is 11.2. The van der Waals surface area contributed by atoms with Crippen LogP contribution in [0.5, 0.6) is 11.5 Å². The number of ether oxygens (including phenoxy) is 2. The van der Waals surface area contributed by atoms with Gasteiger partial charge >= 0.3 is 0 Å². The third-order valence-electron chi connectivity index (χ3n) is 5.04. The minimum atomic E-state index is -0.320. The molecule has 158 valence electrons. The van der Waals surface area contributed by atoms with Gasteiger partial charge in [-0.3, -0.25) is 14.5 Å². The number of nitrogens with one attached hydrogen (secondary N) is 1. The van der Waals surface area contributed by atoms with Crippen LogP contribution in [0.3, 0.4) is 0 Å². The monoisotopic (exact) mass is 408 g/mol. The molecule has 0 spiro atoms. The maximum atomic E-state index is 13.3. The van der Waals surface area contributed by atoms with Crippen molar-refractivity contribution in [3.05, 3.63) is 58.8 Å². The molecule has 0 aliphatic carbocycles. The lowest BCUT2D eigenvalue weighted by Gasteiger charge is -2.17. The number of amides is 2. The van der Waals surface area contributed by atoms with Crippen LogP contribution in [-0.4, -0.2) is 37.5 Å². The fraction of sp³-hybridized carbons (Fsp3) is 0.333. The van der Waals surface area contributed by atoms with Crippen LogP contribution in [-0.2, 0) is 9.59 Å². The number of anilines is 1. The molecule has 0 atom stereocenters. The quantitative estimate of drug-likeness (QED) is 0.697. The Hall–Kier alpha value is -3.28. The predicted molar refractivity (Wildman–Crippen MR) is 118 cm³/mol. The number of carbonyl (C=O) groups is 2. The van der Waals surface area contributed by atoms with Gasteiger partial charge in [-0.1, -0.05) is 32.0 Å². The number of carbonyl (C=O) groups excluding carboxylic acids is 2. The Morgan fingerprint density at radius 1 is 0.933 bits per heavy atom. The summed E-state index contributed by atoms with van der Waals surface area (Å²) < 4.78 is 10.7. The predicted octanol–water partition coefficient (Wildman–Crippen LogP) is 4.17. The zero-order valence-electron chi connectivity index (χ0n) is 18.3. The molecule has 0 saturated heterocycles. The van der Waals surface area contributed by atoms with Crippen molar-refractivity contribution >= 4 is 23.1 Å². The second-order valence-corrected chi connectivity index (χ2v) is 7.88. The summed E-state index contributed by atoms with van der Waals surface area (Å²) in [6.07, 6.45) is 0. The van der Waals surface area contributed by atoms with Gasteiger partial charge in [-0.15, -0.1) is 0 Å². The molecule has 30 heavy (non-hydrogen) atoms. The van der Waals surface area contributed by atoms with Crippen molar-refractivity contribution < 1.29 is 19.1 Å². The van der Waals surface area contributed by atoms with Gasteiger partial charge in [0.25, 0.3) is 11.8 Å². The Labute approximate surface area is 177 Å². The summed E-state index contributed by atoms with van der Waals surface area (Å²) >= 11 is 0. The van der Waals surface area contributed by atoms with Gasteiger partial charge in [0, 0.05) is 12.2 Å². The normalized spacial score (nSPS) is 14.0. The first-order valence-corrected chi connectivity index (χ1v) is 9.94. The number of imide groups is 1. The van der Waals surface area contributed by atoms with Crippen molar-refractivity contribution in [2.45, 2.75) is 27.7 Å². The summed E-state index contributed by atoms with van der Waals surface area (Å²) in [5, 5.41) is 3.24. The van der Waals surface area contributed by atoms with E-state index in [1.807, 2.05) is 45.9 Å². The summed E-state index contributed by atoms with van der Waals surface area (Å²) in [4.78, 5) is 27.8. The minimum Gasteiger partial charge on any atom is -0.493 e. The smallest absolute Gasteiger partial charge is 0.278 e. The molecule has 2 aromatic rings. The molecule has 0 unspecified atom stereocenters. The van der Waals surface area contributed by atoms with Crippen LogP contribution >= 0.6 is 0 Å². The van der Waals surface area contributed by atoms with Gasteiger partial charge in [-0.05, 0) is 54.7 Å². The van der Waals surface area contributed by atoms with Gasteiger partial charge < -0.3 is 14.8 Å². The van der Waals surface area contributed by atoms with E-state index in [1.54, 1.807) is 25.3 Å². The Balaban J connectivity index is 2.14. The number of aryl methyl sites for hydroxylation is 2. The summed E-state index contributed by atoms with van der Waals surface area (Å²) in [5.74, 6) is 0.579. The van der Waals surface area contributed by atoms with Crippen molar-refractivity contribution in [3.8, 4) is 11.5 Å². The molecule has 6 nitrogen and oxygen atoms in total. The molecule has 1 N–H and O–H groups in total.